The van der Waals surface area contributed by atoms with Gasteiger partial charge in [-0.2, -0.15) is 0 Å². The Kier molecular flexibility index (Phi) is 6.57. The van der Waals surface area contributed by atoms with Crippen LogP contribution in [0.5, 0.6) is 5.75 Å². The Morgan fingerprint density at radius 1 is 1.13 bits per heavy atom. The molecule has 6 heteroatoms. The number of hydrogen-bond acceptors (Lipinski definition) is 6. The van der Waals surface area contributed by atoms with Crippen LogP contribution in [-0.4, -0.2) is 20.2 Å². The maximum absolute atomic E-state index is 12.2. The van der Waals surface area contributed by atoms with Gasteiger partial charge in [0.05, 0.1) is 20.5 Å². The molecule has 0 fully saturated rings. The van der Waals surface area contributed by atoms with Gasteiger partial charge in [-0.1, -0.05) is 31.2 Å². The van der Waals surface area contributed by atoms with E-state index in [4.69, 9.17) is 18.6 Å². The number of carbonyl (C=O) groups is 1. The van der Waals surface area contributed by atoms with Crippen LogP contribution in [0.3, 0.4) is 0 Å². The quantitative estimate of drug-likeness (QED) is 0.250. The lowest BCUT2D eigenvalue weighted by Crippen LogP contribution is -2.09. The molecule has 0 saturated heterocycles. The lowest BCUT2D eigenvalue weighted by Gasteiger charge is -2.13. The molecule has 1 aromatic heterocycles. The van der Waals surface area contributed by atoms with Crippen molar-refractivity contribution in [1.82, 2.24) is 0 Å². The number of carbonyl (C=O) groups excluding carboxylic acids is 1. The second kappa shape index (κ2) is 9.31. The SMILES string of the molecule is CCc1c(C)c2ccc(OCc3ccccc3/C(=C\OC)C(=O)OC)cc2oc1=O. The van der Waals surface area contributed by atoms with E-state index in [1.165, 1.54) is 20.5 Å². The van der Waals surface area contributed by atoms with Gasteiger partial charge in [-0.25, -0.2) is 9.59 Å². The summed E-state index contributed by atoms with van der Waals surface area (Å²) in [7, 11) is 2.79. The van der Waals surface area contributed by atoms with Crippen molar-refractivity contribution in [2.75, 3.05) is 14.2 Å². The van der Waals surface area contributed by atoms with Gasteiger partial charge < -0.3 is 18.6 Å². The molecule has 0 N–H and O–H groups in total. The molecule has 3 aromatic rings. The zero-order chi connectivity index (χ0) is 21.7. The van der Waals surface area contributed by atoms with Gasteiger partial charge in [0.15, 0.2) is 0 Å². The topological polar surface area (TPSA) is 75.0 Å². The van der Waals surface area contributed by atoms with E-state index >= 15 is 0 Å². The van der Waals surface area contributed by atoms with Crippen molar-refractivity contribution in [2.24, 2.45) is 0 Å². The third-order valence-corrected chi connectivity index (χ3v) is 4.96. The molecule has 0 unspecified atom stereocenters. The van der Waals surface area contributed by atoms with Crippen LogP contribution in [0.4, 0.5) is 0 Å². The number of hydrogen-bond donors (Lipinski definition) is 0. The van der Waals surface area contributed by atoms with E-state index in [1.807, 2.05) is 44.2 Å². The Labute approximate surface area is 174 Å². The van der Waals surface area contributed by atoms with E-state index in [0.29, 0.717) is 34.5 Å². The van der Waals surface area contributed by atoms with Crippen LogP contribution in [0, 0.1) is 6.92 Å². The van der Waals surface area contributed by atoms with E-state index < -0.39 is 5.97 Å². The smallest absolute Gasteiger partial charge is 0.341 e. The minimum Gasteiger partial charge on any atom is -0.503 e. The fraction of sp³-hybridized carbons (Fsp3) is 0.250. The van der Waals surface area contributed by atoms with Crippen LogP contribution in [0.2, 0.25) is 0 Å². The van der Waals surface area contributed by atoms with Crippen molar-refractivity contribution in [3.05, 3.63) is 81.4 Å². The highest BCUT2D eigenvalue weighted by atomic mass is 16.5. The second-order valence-electron chi connectivity index (χ2n) is 6.71. The van der Waals surface area contributed by atoms with E-state index in [2.05, 4.69) is 0 Å². The number of rotatable bonds is 7. The summed E-state index contributed by atoms with van der Waals surface area (Å²) in [6, 6.07) is 12.8. The van der Waals surface area contributed by atoms with Gasteiger partial charge in [0.2, 0.25) is 0 Å². The average molecular weight is 408 g/mol. The average Bonchev–Trinajstić information content (AvgIpc) is 2.76. The van der Waals surface area contributed by atoms with Crippen molar-refractivity contribution < 1.29 is 23.4 Å². The Morgan fingerprint density at radius 2 is 1.90 bits per heavy atom. The summed E-state index contributed by atoms with van der Waals surface area (Å²) < 4.78 is 21.3. The molecule has 0 aliphatic carbocycles. The molecule has 156 valence electrons. The van der Waals surface area contributed by atoms with Crippen molar-refractivity contribution in [3.8, 4) is 5.75 Å². The summed E-state index contributed by atoms with van der Waals surface area (Å²) >= 11 is 0. The van der Waals surface area contributed by atoms with E-state index in [-0.39, 0.29) is 12.2 Å². The highest BCUT2D eigenvalue weighted by Crippen LogP contribution is 2.26. The Bertz CT molecular complexity index is 1160. The molecule has 0 atom stereocenters. The van der Waals surface area contributed by atoms with Crippen LogP contribution in [-0.2, 0) is 27.3 Å². The third-order valence-electron chi connectivity index (χ3n) is 4.96. The number of methoxy groups -OCH3 is 2. The number of fused-ring (bicyclic) bond motifs is 1. The normalized spacial score (nSPS) is 11.4. The van der Waals surface area contributed by atoms with Crippen molar-refractivity contribution >= 4 is 22.5 Å². The third kappa shape index (κ3) is 4.22. The molecule has 0 aliphatic rings. The largest absolute Gasteiger partial charge is 0.503 e. The standard InChI is InChI=1S/C24H24O6/c1-5-18-15(2)19-11-10-17(12-22(19)30-24(18)26)29-13-16-8-6-7-9-20(16)21(14-27-3)23(25)28-4/h6-12,14H,5,13H2,1-4H3/b21-14+. The van der Waals surface area contributed by atoms with Gasteiger partial charge in [0, 0.05) is 17.0 Å². The first-order valence-electron chi connectivity index (χ1n) is 9.58. The molecule has 0 bridgehead atoms. The monoisotopic (exact) mass is 408 g/mol. The highest BCUT2D eigenvalue weighted by Gasteiger charge is 2.17. The van der Waals surface area contributed by atoms with Gasteiger partial charge in [0.1, 0.15) is 23.5 Å². The van der Waals surface area contributed by atoms with Crippen LogP contribution in [0.15, 0.2) is 57.9 Å². The molecule has 0 aliphatic heterocycles. The molecular formula is C24H24O6. The van der Waals surface area contributed by atoms with Gasteiger partial charge in [-0.15, -0.1) is 0 Å². The summed E-state index contributed by atoms with van der Waals surface area (Å²) in [5.74, 6) is 0.0541. The first-order chi connectivity index (χ1) is 14.5. The minimum absolute atomic E-state index is 0.204. The molecule has 3 rings (SSSR count). The summed E-state index contributed by atoms with van der Waals surface area (Å²) in [5.41, 5.74) is 3.50. The Balaban J connectivity index is 1.91. The summed E-state index contributed by atoms with van der Waals surface area (Å²) in [4.78, 5) is 24.3. The van der Waals surface area contributed by atoms with E-state index in [1.54, 1.807) is 12.1 Å². The first-order valence-corrected chi connectivity index (χ1v) is 9.58. The fourth-order valence-electron chi connectivity index (χ4n) is 3.39. The van der Waals surface area contributed by atoms with Crippen molar-refractivity contribution in [3.63, 3.8) is 0 Å². The zero-order valence-corrected chi connectivity index (χ0v) is 17.5. The molecule has 2 aromatic carbocycles. The Hall–Kier alpha value is -3.54. The van der Waals surface area contributed by atoms with Gasteiger partial charge in [0.25, 0.3) is 0 Å². The Morgan fingerprint density at radius 3 is 2.60 bits per heavy atom. The predicted molar refractivity (Wildman–Crippen MR) is 114 cm³/mol. The van der Waals surface area contributed by atoms with E-state index in [0.717, 1.165) is 16.5 Å². The lowest BCUT2D eigenvalue weighted by molar-refractivity contribution is -0.133. The number of benzene rings is 2. The van der Waals surface area contributed by atoms with Crippen LogP contribution >= 0.6 is 0 Å². The zero-order valence-electron chi connectivity index (χ0n) is 17.5. The molecular weight excluding hydrogens is 384 g/mol. The molecule has 6 nitrogen and oxygen atoms in total. The fourth-order valence-corrected chi connectivity index (χ4v) is 3.39. The van der Waals surface area contributed by atoms with Crippen LogP contribution in [0.25, 0.3) is 16.5 Å². The maximum Gasteiger partial charge on any atom is 0.341 e. The second-order valence-corrected chi connectivity index (χ2v) is 6.71. The minimum atomic E-state index is -0.501. The van der Waals surface area contributed by atoms with Gasteiger partial charge >= 0.3 is 11.6 Å². The predicted octanol–water partition coefficient (Wildman–Crippen LogP) is 4.40. The lowest BCUT2D eigenvalue weighted by atomic mass is 10.0. The molecule has 0 amide bonds. The highest BCUT2D eigenvalue weighted by molar-refractivity contribution is 6.16. The van der Waals surface area contributed by atoms with E-state index in [9.17, 15) is 9.59 Å². The van der Waals surface area contributed by atoms with Gasteiger partial charge in [-0.3, -0.25) is 0 Å². The molecule has 0 radical (unpaired) electrons. The number of esters is 1. The van der Waals surface area contributed by atoms with Gasteiger partial charge in [-0.05, 0) is 42.2 Å². The molecule has 30 heavy (non-hydrogen) atoms. The van der Waals surface area contributed by atoms with Crippen molar-refractivity contribution in [2.45, 2.75) is 26.9 Å². The molecule has 1 heterocycles. The number of aryl methyl sites for hydroxylation is 1. The molecule has 0 saturated carbocycles. The summed E-state index contributed by atoms with van der Waals surface area (Å²) in [5, 5.41) is 0.884. The summed E-state index contributed by atoms with van der Waals surface area (Å²) in [6.45, 7) is 4.06. The van der Waals surface area contributed by atoms with Crippen LogP contribution in [0.1, 0.15) is 29.2 Å². The van der Waals surface area contributed by atoms with Crippen molar-refractivity contribution in [1.29, 1.82) is 0 Å². The van der Waals surface area contributed by atoms with Crippen LogP contribution < -0.4 is 10.4 Å². The summed E-state index contributed by atoms with van der Waals surface area (Å²) in [6.07, 6.45) is 1.97. The molecule has 0 spiro atoms. The maximum atomic E-state index is 12.2. The first kappa shape index (κ1) is 21.2. The number of ether oxygens (including phenoxy) is 3.